The number of nitrogens with zero attached hydrogens (tertiary/aromatic N) is 3. The molecule has 2 aromatic rings. The lowest BCUT2D eigenvalue weighted by molar-refractivity contribution is -0.155. The van der Waals surface area contributed by atoms with E-state index in [9.17, 15) is 14.7 Å². The molecule has 1 aromatic heterocycles. The van der Waals surface area contributed by atoms with E-state index >= 15 is 0 Å². The third-order valence-electron chi connectivity index (χ3n) is 5.25. The van der Waals surface area contributed by atoms with Gasteiger partial charge in [-0.2, -0.15) is 5.10 Å². The number of piperidine rings is 1. The number of carboxylic acid groups (broad SMARTS) is 1. The Morgan fingerprint density at radius 3 is 2.70 bits per heavy atom. The predicted molar refractivity (Wildman–Crippen MR) is 99.6 cm³/mol. The fourth-order valence-corrected chi connectivity index (χ4v) is 3.68. The molecule has 3 rings (SSSR count). The van der Waals surface area contributed by atoms with E-state index in [0.717, 1.165) is 11.3 Å². The van der Waals surface area contributed by atoms with Crippen molar-refractivity contribution in [2.75, 3.05) is 26.8 Å². The van der Waals surface area contributed by atoms with Crippen molar-refractivity contribution in [3.05, 3.63) is 53.3 Å². The molecule has 144 valence electrons. The summed E-state index contributed by atoms with van der Waals surface area (Å²) in [5.74, 6) is -1.09. The summed E-state index contributed by atoms with van der Waals surface area (Å²) in [4.78, 5) is 26.5. The van der Waals surface area contributed by atoms with Crippen LogP contribution in [0.25, 0.3) is 0 Å². The number of carboxylic acids is 1. The van der Waals surface area contributed by atoms with E-state index in [2.05, 4.69) is 5.10 Å². The molecule has 1 aromatic carbocycles. The number of hydrogen-bond acceptors (Lipinski definition) is 4. The van der Waals surface area contributed by atoms with Gasteiger partial charge in [0.2, 0.25) is 0 Å². The standard InChI is InChI=1S/C20H25N3O4/c1-15-17(11-21-23(15)12-16-7-4-3-5-8-16)18(24)22-10-6-9-20(13-22,14-27-2)19(25)26/h3-5,7-8,11H,6,9-10,12-14H2,1-2H3,(H,25,26). The Labute approximate surface area is 158 Å². The molecule has 0 aliphatic carbocycles. The molecule has 0 bridgehead atoms. The zero-order chi connectivity index (χ0) is 19.4. The van der Waals surface area contributed by atoms with Crippen molar-refractivity contribution >= 4 is 11.9 Å². The molecule has 0 spiro atoms. The van der Waals surface area contributed by atoms with E-state index in [-0.39, 0.29) is 19.1 Å². The van der Waals surface area contributed by atoms with E-state index < -0.39 is 11.4 Å². The quantitative estimate of drug-likeness (QED) is 0.841. The second kappa shape index (κ2) is 7.92. The van der Waals surface area contributed by atoms with Crippen molar-refractivity contribution in [1.82, 2.24) is 14.7 Å². The molecule has 1 saturated heterocycles. The second-order valence-corrected chi connectivity index (χ2v) is 7.14. The lowest BCUT2D eigenvalue weighted by atomic mass is 9.80. The van der Waals surface area contributed by atoms with Gasteiger partial charge in [0.15, 0.2) is 0 Å². The zero-order valence-corrected chi connectivity index (χ0v) is 15.7. The number of benzene rings is 1. The third kappa shape index (κ3) is 3.88. The summed E-state index contributed by atoms with van der Waals surface area (Å²) in [7, 11) is 1.49. The average molecular weight is 371 g/mol. The number of ether oxygens (including phenoxy) is 1. The molecule has 1 aliphatic heterocycles. The molecule has 7 heteroatoms. The summed E-state index contributed by atoms with van der Waals surface area (Å²) >= 11 is 0. The smallest absolute Gasteiger partial charge is 0.313 e. The summed E-state index contributed by atoms with van der Waals surface area (Å²) in [6.45, 7) is 3.24. The Morgan fingerprint density at radius 2 is 2.04 bits per heavy atom. The molecule has 1 N–H and O–H groups in total. The van der Waals surface area contributed by atoms with Gasteiger partial charge in [-0.1, -0.05) is 30.3 Å². The summed E-state index contributed by atoms with van der Waals surface area (Å²) in [5, 5.41) is 14.0. The third-order valence-corrected chi connectivity index (χ3v) is 5.25. The molecule has 0 saturated carbocycles. The monoisotopic (exact) mass is 371 g/mol. The Balaban J connectivity index is 1.78. The number of carbonyl (C=O) groups is 2. The fourth-order valence-electron chi connectivity index (χ4n) is 3.68. The fraction of sp³-hybridized carbons (Fsp3) is 0.450. The van der Waals surface area contributed by atoms with Crippen LogP contribution in [-0.2, 0) is 16.1 Å². The van der Waals surface area contributed by atoms with Crippen molar-refractivity contribution in [2.45, 2.75) is 26.3 Å². The van der Waals surface area contributed by atoms with E-state index in [4.69, 9.17) is 4.74 Å². The van der Waals surface area contributed by atoms with Crippen LogP contribution in [0.15, 0.2) is 36.5 Å². The first-order valence-electron chi connectivity index (χ1n) is 9.05. The van der Waals surface area contributed by atoms with Gasteiger partial charge in [-0.05, 0) is 25.3 Å². The van der Waals surface area contributed by atoms with Gasteiger partial charge in [0, 0.05) is 25.9 Å². The minimum Gasteiger partial charge on any atom is -0.481 e. The van der Waals surface area contributed by atoms with Gasteiger partial charge < -0.3 is 14.7 Å². The average Bonchev–Trinajstić information content (AvgIpc) is 3.03. The Morgan fingerprint density at radius 1 is 1.30 bits per heavy atom. The van der Waals surface area contributed by atoms with Crippen molar-refractivity contribution in [2.24, 2.45) is 5.41 Å². The molecule has 1 aliphatic rings. The molecule has 7 nitrogen and oxygen atoms in total. The Hall–Kier alpha value is -2.67. The summed E-state index contributed by atoms with van der Waals surface area (Å²) in [6, 6.07) is 9.92. The van der Waals surface area contributed by atoms with Crippen LogP contribution in [-0.4, -0.2) is 58.5 Å². The lowest BCUT2D eigenvalue weighted by Crippen LogP contribution is -2.52. The van der Waals surface area contributed by atoms with Crippen LogP contribution >= 0.6 is 0 Å². The van der Waals surface area contributed by atoms with E-state index in [1.165, 1.54) is 7.11 Å². The number of carbonyl (C=O) groups excluding carboxylic acids is 1. The Bertz CT molecular complexity index is 814. The van der Waals surface area contributed by atoms with Crippen LogP contribution in [0, 0.1) is 12.3 Å². The van der Waals surface area contributed by atoms with Crippen LogP contribution in [0.3, 0.4) is 0 Å². The molecule has 27 heavy (non-hydrogen) atoms. The highest BCUT2D eigenvalue weighted by Gasteiger charge is 2.44. The van der Waals surface area contributed by atoms with E-state index in [1.54, 1.807) is 15.8 Å². The van der Waals surface area contributed by atoms with Gasteiger partial charge in [-0.25, -0.2) is 0 Å². The molecule has 0 radical (unpaired) electrons. The molecule has 1 unspecified atom stereocenters. The predicted octanol–water partition coefficient (Wildman–Crippen LogP) is 2.19. The Kier molecular flexibility index (Phi) is 5.60. The lowest BCUT2D eigenvalue weighted by Gasteiger charge is -2.39. The first-order valence-corrected chi connectivity index (χ1v) is 9.05. The molecular formula is C20H25N3O4. The van der Waals surface area contributed by atoms with Crippen LogP contribution in [0.4, 0.5) is 0 Å². The molecule has 2 heterocycles. The van der Waals surface area contributed by atoms with Crippen LogP contribution in [0.2, 0.25) is 0 Å². The normalized spacial score (nSPS) is 19.9. The number of aromatic nitrogens is 2. The number of hydrogen-bond donors (Lipinski definition) is 1. The number of methoxy groups -OCH3 is 1. The van der Waals surface area contributed by atoms with Crippen molar-refractivity contribution in [3.63, 3.8) is 0 Å². The molecule has 1 atom stereocenters. The molecule has 1 amide bonds. The van der Waals surface area contributed by atoms with Gasteiger partial charge in [-0.3, -0.25) is 14.3 Å². The minimum absolute atomic E-state index is 0.0956. The second-order valence-electron chi connectivity index (χ2n) is 7.14. The van der Waals surface area contributed by atoms with E-state index in [0.29, 0.717) is 31.5 Å². The number of amides is 1. The van der Waals surface area contributed by atoms with Crippen molar-refractivity contribution in [3.8, 4) is 0 Å². The highest BCUT2D eigenvalue weighted by atomic mass is 16.5. The summed E-state index contributed by atoms with van der Waals surface area (Å²) in [6.07, 6.45) is 2.72. The molecular weight excluding hydrogens is 346 g/mol. The number of likely N-dealkylation sites (tertiary alicyclic amines) is 1. The highest BCUT2D eigenvalue weighted by Crippen LogP contribution is 2.32. The first kappa shape index (κ1) is 19.1. The van der Waals surface area contributed by atoms with Crippen molar-refractivity contribution in [1.29, 1.82) is 0 Å². The molecule has 1 fully saturated rings. The minimum atomic E-state index is -1.05. The number of aliphatic carboxylic acids is 1. The van der Waals surface area contributed by atoms with Crippen LogP contribution in [0.5, 0.6) is 0 Å². The maximum atomic E-state index is 13.0. The van der Waals surface area contributed by atoms with Crippen molar-refractivity contribution < 1.29 is 19.4 Å². The maximum absolute atomic E-state index is 13.0. The summed E-state index contributed by atoms with van der Waals surface area (Å²) < 4.78 is 6.94. The maximum Gasteiger partial charge on any atom is 0.313 e. The topological polar surface area (TPSA) is 84.7 Å². The SMILES string of the molecule is COCC1(C(=O)O)CCCN(C(=O)c2cnn(Cc3ccccc3)c2C)C1. The summed E-state index contributed by atoms with van der Waals surface area (Å²) in [5.41, 5.74) is 1.36. The van der Waals surface area contributed by atoms with Gasteiger partial charge in [0.1, 0.15) is 5.41 Å². The van der Waals surface area contributed by atoms with E-state index in [1.807, 2.05) is 37.3 Å². The van der Waals surface area contributed by atoms with Gasteiger partial charge >= 0.3 is 5.97 Å². The first-order chi connectivity index (χ1) is 13.0. The van der Waals surface area contributed by atoms with Crippen LogP contribution in [0.1, 0.15) is 34.5 Å². The van der Waals surface area contributed by atoms with Gasteiger partial charge in [0.05, 0.1) is 24.9 Å². The number of rotatable bonds is 6. The van der Waals surface area contributed by atoms with Gasteiger partial charge in [0.25, 0.3) is 5.91 Å². The largest absolute Gasteiger partial charge is 0.481 e. The van der Waals surface area contributed by atoms with Crippen LogP contribution < -0.4 is 0 Å². The highest BCUT2D eigenvalue weighted by molar-refractivity contribution is 5.95. The van der Waals surface area contributed by atoms with Gasteiger partial charge in [-0.15, -0.1) is 0 Å². The zero-order valence-electron chi connectivity index (χ0n) is 15.7.